The van der Waals surface area contributed by atoms with Gasteiger partial charge >= 0.3 is 6.18 Å². The van der Waals surface area contributed by atoms with Crippen LogP contribution in [0.4, 0.5) is 13.2 Å². The van der Waals surface area contributed by atoms with Crippen molar-refractivity contribution in [3.8, 4) is 11.1 Å². The summed E-state index contributed by atoms with van der Waals surface area (Å²) in [6.45, 7) is 2.21. The van der Waals surface area contributed by atoms with Gasteiger partial charge in [0.15, 0.2) is 0 Å². The molecule has 0 atom stereocenters. The van der Waals surface area contributed by atoms with Crippen LogP contribution in [0.2, 0.25) is 0 Å². The fourth-order valence-electron chi connectivity index (χ4n) is 3.58. The quantitative estimate of drug-likeness (QED) is 0.812. The minimum atomic E-state index is -4.18. The molecule has 3 nitrogen and oxygen atoms in total. The van der Waals surface area contributed by atoms with Gasteiger partial charge in [-0.15, -0.1) is 0 Å². The molecular formula is C22H25F3N2O. The molecule has 2 aromatic carbocycles. The lowest BCUT2D eigenvalue weighted by atomic mass is 9.95. The van der Waals surface area contributed by atoms with Gasteiger partial charge in [-0.3, -0.25) is 9.69 Å². The van der Waals surface area contributed by atoms with E-state index in [4.69, 9.17) is 0 Å². The molecule has 1 aliphatic heterocycles. The van der Waals surface area contributed by atoms with Crippen LogP contribution in [0.5, 0.6) is 0 Å². The first kappa shape index (κ1) is 20.4. The molecule has 0 spiro atoms. The number of benzene rings is 2. The number of hydrogen-bond acceptors (Lipinski definition) is 2. The molecule has 1 N–H and O–H groups in total. The summed E-state index contributed by atoms with van der Waals surface area (Å²) < 4.78 is 37.3. The molecule has 3 rings (SSSR count). The zero-order valence-electron chi connectivity index (χ0n) is 15.9. The molecule has 0 aliphatic carbocycles. The van der Waals surface area contributed by atoms with Crippen LogP contribution in [-0.4, -0.2) is 36.6 Å². The first-order chi connectivity index (χ1) is 13.3. The van der Waals surface area contributed by atoms with Crippen molar-refractivity contribution in [1.29, 1.82) is 0 Å². The highest BCUT2D eigenvalue weighted by Gasteiger charge is 2.33. The Labute approximate surface area is 163 Å². The number of alkyl halides is 3. The molecule has 1 aliphatic rings. The third-order valence-corrected chi connectivity index (χ3v) is 5.13. The van der Waals surface area contributed by atoms with Gasteiger partial charge in [-0.1, -0.05) is 54.1 Å². The van der Waals surface area contributed by atoms with Crippen LogP contribution in [0.3, 0.4) is 0 Å². The normalized spacial score (nSPS) is 16.1. The van der Waals surface area contributed by atoms with Gasteiger partial charge in [0.25, 0.3) is 0 Å². The first-order valence-corrected chi connectivity index (χ1v) is 9.53. The van der Waals surface area contributed by atoms with Gasteiger partial charge in [-0.05, 0) is 49.5 Å². The highest BCUT2D eigenvalue weighted by atomic mass is 19.4. The lowest BCUT2D eigenvalue weighted by Gasteiger charge is -2.31. The van der Waals surface area contributed by atoms with Gasteiger partial charge in [0.2, 0.25) is 5.91 Å². The largest absolute Gasteiger partial charge is 0.401 e. The SMILES string of the molecule is Cc1cccc(-c2ccc(CNC(=O)C3CCN(CC(F)(F)F)CC3)cc2)c1. The predicted octanol–water partition coefficient (Wildman–Crippen LogP) is 4.55. The number of hydrogen-bond donors (Lipinski definition) is 1. The van der Waals surface area contributed by atoms with Crippen molar-refractivity contribution >= 4 is 5.91 Å². The summed E-state index contributed by atoms with van der Waals surface area (Å²) in [5.74, 6) is -0.287. The highest BCUT2D eigenvalue weighted by Crippen LogP contribution is 2.23. The summed E-state index contributed by atoms with van der Waals surface area (Å²) in [6, 6.07) is 16.3. The number of aryl methyl sites for hydroxylation is 1. The molecule has 0 radical (unpaired) electrons. The second-order valence-electron chi connectivity index (χ2n) is 7.45. The molecule has 0 saturated carbocycles. The van der Waals surface area contributed by atoms with Crippen LogP contribution in [0, 0.1) is 12.8 Å². The maximum atomic E-state index is 12.4. The van der Waals surface area contributed by atoms with E-state index in [-0.39, 0.29) is 11.8 Å². The number of carbonyl (C=O) groups excluding carboxylic acids is 1. The van der Waals surface area contributed by atoms with Crippen LogP contribution in [0.25, 0.3) is 11.1 Å². The zero-order valence-corrected chi connectivity index (χ0v) is 15.9. The molecule has 1 heterocycles. The first-order valence-electron chi connectivity index (χ1n) is 9.53. The van der Waals surface area contributed by atoms with Gasteiger partial charge in [-0.25, -0.2) is 0 Å². The maximum Gasteiger partial charge on any atom is 0.401 e. The van der Waals surface area contributed by atoms with E-state index in [2.05, 4.69) is 30.4 Å². The molecule has 150 valence electrons. The van der Waals surface area contributed by atoms with Crippen LogP contribution < -0.4 is 5.32 Å². The summed E-state index contributed by atoms with van der Waals surface area (Å²) in [6.07, 6.45) is -3.25. The van der Waals surface area contributed by atoms with E-state index in [0.29, 0.717) is 32.5 Å². The van der Waals surface area contributed by atoms with E-state index in [9.17, 15) is 18.0 Å². The zero-order chi connectivity index (χ0) is 20.1. The number of halogens is 3. The second kappa shape index (κ2) is 8.78. The lowest BCUT2D eigenvalue weighted by molar-refractivity contribution is -0.149. The number of likely N-dealkylation sites (tertiary alicyclic amines) is 1. The fourth-order valence-corrected chi connectivity index (χ4v) is 3.58. The molecule has 1 amide bonds. The molecule has 28 heavy (non-hydrogen) atoms. The summed E-state index contributed by atoms with van der Waals surface area (Å²) in [4.78, 5) is 13.7. The molecule has 1 fully saturated rings. The number of nitrogens with one attached hydrogen (secondary N) is 1. The van der Waals surface area contributed by atoms with Crippen molar-refractivity contribution in [3.63, 3.8) is 0 Å². The predicted molar refractivity (Wildman–Crippen MR) is 104 cm³/mol. The Morgan fingerprint density at radius 3 is 2.36 bits per heavy atom. The molecule has 0 aromatic heterocycles. The van der Waals surface area contributed by atoms with Gasteiger partial charge in [0.1, 0.15) is 0 Å². The van der Waals surface area contributed by atoms with Crippen molar-refractivity contribution in [2.24, 2.45) is 5.92 Å². The topological polar surface area (TPSA) is 32.3 Å². The van der Waals surface area contributed by atoms with Gasteiger partial charge < -0.3 is 5.32 Å². The Morgan fingerprint density at radius 2 is 1.75 bits per heavy atom. The third kappa shape index (κ3) is 5.83. The molecule has 2 aromatic rings. The van der Waals surface area contributed by atoms with E-state index in [0.717, 1.165) is 16.7 Å². The Kier molecular flexibility index (Phi) is 6.39. The molecule has 6 heteroatoms. The number of carbonyl (C=O) groups is 1. The van der Waals surface area contributed by atoms with Crippen LogP contribution in [0.15, 0.2) is 48.5 Å². The fraction of sp³-hybridized carbons (Fsp3) is 0.409. The Morgan fingerprint density at radius 1 is 1.07 bits per heavy atom. The van der Waals surface area contributed by atoms with E-state index in [1.165, 1.54) is 10.5 Å². The minimum Gasteiger partial charge on any atom is -0.352 e. The van der Waals surface area contributed by atoms with E-state index in [1.807, 2.05) is 30.3 Å². The number of amides is 1. The van der Waals surface area contributed by atoms with Crippen molar-refractivity contribution in [3.05, 3.63) is 59.7 Å². The standard InChI is InChI=1S/C22H25F3N2O/c1-16-3-2-4-20(13-16)18-7-5-17(6-8-18)14-26-21(28)19-9-11-27(12-10-19)15-22(23,24)25/h2-8,13,19H,9-12,14-15H2,1H3,(H,26,28). The van der Waals surface area contributed by atoms with Crippen molar-refractivity contribution < 1.29 is 18.0 Å². The monoisotopic (exact) mass is 390 g/mol. The van der Waals surface area contributed by atoms with Gasteiger partial charge in [0, 0.05) is 12.5 Å². The van der Waals surface area contributed by atoms with Crippen molar-refractivity contribution in [1.82, 2.24) is 10.2 Å². The lowest BCUT2D eigenvalue weighted by Crippen LogP contribution is -2.43. The molecule has 0 bridgehead atoms. The summed E-state index contributed by atoms with van der Waals surface area (Å²) in [7, 11) is 0. The number of rotatable bonds is 5. The average Bonchev–Trinajstić information content (AvgIpc) is 2.66. The van der Waals surface area contributed by atoms with Crippen LogP contribution in [0.1, 0.15) is 24.0 Å². The Balaban J connectivity index is 1.47. The van der Waals surface area contributed by atoms with Crippen molar-refractivity contribution in [2.45, 2.75) is 32.5 Å². The second-order valence-corrected chi connectivity index (χ2v) is 7.45. The maximum absolute atomic E-state index is 12.4. The van der Waals surface area contributed by atoms with Gasteiger partial charge in [-0.2, -0.15) is 13.2 Å². The minimum absolute atomic E-state index is 0.0746. The Bertz CT molecular complexity index is 794. The van der Waals surface area contributed by atoms with E-state index in [1.54, 1.807) is 0 Å². The smallest absolute Gasteiger partial charge is 0.352 e. The summed E-state index contributed by atoms with van der Waals surface area (Å²) in [5, 5.41) is 2.92. The molecule has 0 unspecified atom stereocenters. The number of piperidine rings is 1. The van der Waals surface area contributed by atoms with E-state index >= 15 is 0 Å². The molecular weight excluding hydrogens is 365 g/mol. The van der Waals surface area contributed by atoms with Crippen molar-refractivity contribution in [2.75, 3.05) is 19.6 Å². The molecule has 1 saturated heterocycles. The van der Waals surface area contributed by atoms with Crippen LogP contribution in [-0.2, 0) is 11.3 Å². The third-order valence-electron chi connectivity index (χ3n) is 5.13. The van der Waals surface area contributed by atoms with E-state index < -0.39 is 12.7 Å². The Hall–Kier alpha value is -2.34. The number of nitrogens with zero attached hydrogens (tertiary/aromatic N) is 1. The van der Waals surface area contributed by atoms with Gasteiger partial charge in [0.05, 0.1) is 6.54 Å². The highest BCUT2D eigenvalue weighted by molar-refractivity contribution is 5.78. The summed E-state index contributed by atoms with van der Waals surface area (Å²) >= 11 is 0. The summed E-state index contributed by atoms with van der Waals surface area (Å²) in [5.41, 5.74) is 4.48. The average molecular weight is 390 g/mol. The van der Waals surface area contributed by atoms with Crippen LogP contribution >= 0.6 is 0 Å².